The van der Waals surface area contributed by atoms with E-state index in [0.717, 1.165) is 4.57 Å². The van der Waals surface area contributed by atoms with Crippen molar-refractivity contribution < 1.29 is 0 Å². The maximum Gasteiger partial charge on any atom is 0.330 e. The summed E-state index contributed by atoms with van der Waals surface area (Å²) < 4.78 is 2.50. The molecule has 0 aliphatic rings. The molecule has 5 nitrogen and oxygen atoms in total. The Bertz CT molecular complexity index is 431. The van der Waals surface area contributed by atoms with Crippen LogP contribution in [-0.2, 0) is 14.1 Å². The van der Waals surface area contributed by atoms with Gasteiger partial charge in [0.1, 0.15) is 0 Å². The van der Waals surface area contributed by atoms with Gasteiger partial charge in [-0.15, -0.1) is 0 Å². The molecule has 0 spiro atoms. The van der Waals surface area contributed by atoms with Crippen LogP contribution in [0.3, 0.4) is 0 Å². The predicted molar refractivity (Wildman–Crippen MR) is 54.3 cm³/mol. The number of aromatic nitrogens is 2. The molecule has 1 aromatic heterocycles. The fourth-order valence-electron chi connectivity index (χ4n) is 1.67. The van der Waals surface area contributed by atoms with Crippen molar-refractivity contribution in [2.45, 2.75) is 19.9 Å². The van der Waals surface area contributed by atoms with Crippen molar-refractivity contribution in [1.82, 2.24) is 9.13 Å². The van der Waals surface area contributed by atoms with E-state index in [1.807, 2.05) is 0 Å². The molecule has 0 bridgehead atoms. The van der Waals surface area contributed by atoms with E-state index >= 15 is 0 Å². The fraction of sp³-hybridized carbons (Fsp3) is 0.556. The molecule has 1 atom stereocenters. The van der Waals surface area contributed by atoms with Crippen LogP contribution in [-0.4, -0.2) is 9.13 Å². The number of nitrogens with two attached hydrogens (primary N) is 1. The minimum Gasteiger partial charge on any atom is -0.323 e. The van der Waals surface area contributed by atoms with Crippen LogP contribution < -0.4 is 17.0 Å². The van der Waals surface area contributed by atoms with Gasteiger partial charge >= 0.3 is 5.69 Å². The highest BCUT2D eigenvalue weighted by Gasteiger charge is 2.14. The quantitative estimate of drug-likeness (QED) is 0.654. The third-order valence-corrected chi connectivity index (χ3v) is 2.38. The number of hydrogen-bond donors (Lipinski definition) is 1. The summed E-state index contributed by atoms with van der Waals surface area (Å²) >= 11 is 0. The first kappa shape index (κ1) is 10.7. The molecule has 0 unspecified atom stereocenters. The predicted octanol–water partition coefficient (Wildman–Crippen LogP) is -0.588. The van der Waals surface area contributed by atoms with E-state index in [9.17, 15) is 9.59 Å². The van der Waals surface area contributed by atoms with Gasteiger partial charge in [0.05, 0.1) is 0 Å². The van der Waals surface area contributed by atoms with E-state index < -0.39 is 0 Å². The monoisotopic (exact) mass is 197 g/mol. The summed E-state index contributed by atoms with van der Waals surface area (Å²) in [5.74, 6) is 0. The van der Waals surface area contributed by atoms with Crippen molar-refractivity contribution >= 4 is 0 Å². The number of hydrogen-bond acceptors (Lipinski definition) is 3. The molecule has 1 aromatic rings. The van der Waals surface area contributed by atoms with Crippen molar-refractivity contribution in [3.63, 3.8) is 0 Å². The van der Waals surface area contributed by atoms with E-state index in [0.29, 0.717) is 11.3 Å². The van der Waals surface area contributed by atoms with Gasteiger partial charge in [0.2, 0.25) is 0 Å². The molecule has 0 saturated carbocycles. The first-order valence-corrected chi connectivity index (χ1v) is 4.40. The van der Waals surface area contributed by atoms with E-state index in [-0.39, 0.29) is 17.3 Å². The van der Waals surface area contributed by atoms with E-state index in [1.165, 1.54) is 11.6 Å². The van der Waals surface area contributed by atoms with Crippen molar-refractivity contribution in [3.8, 4) is 0 Å². The van der Waals surface area contributed by atoms with Crippen LogP contribution in [0.5, 0.6) is 0 Å². The molecule has 78 valence electrons. The molecular formula is C9H15N3O2. The Morgan fingerprint density at radius 3 is 2.14 bits per heavy atom. The Morgan fingerprint density at radius 1 is 1.21 bits per heavy atom. The Balaban J connectivity index is 3.78. The summed E-state index contributed by atoms with van der Waals surface area (Å²) in [6.07, 6.45) is 0. The molecule has 1 heterocycles. The number of rotatable bonds is 1. The zero-order chi connectivity index (χ0) is 11.0. The van der Waals surface area contributed by atoms with Crippen LogP contribution in [0.25, 0.3) is 0 Å². The van der Waals surface area contributed by atoms with Crippen molar-refractivity contribution in [3.05, 3.63) is 32.1 Å². The Labute approximate surface area is 81.8 Å². The number of nitrogens with zero attached hydrogens (tertiary/aromatic N) is 2. The molecule has 0 aliphatic carbocycles. The van der Waals surface area contributed by atoms with Crippen LogP contribution in [0.15, 0.2) is 9.59 Å². The van der Waals surface area contributed by atoms with Gasteiger partial charge in [0.25, 0.3) is 5.56 Å². The fourth-order valence-corrected chi connectivity index (χ4v) is 1.67. The van der Waals surface area contributed by atoms with Gasteiger partial charge in [-0.05, 0) is 13.8 Å². The van der Waals surface area contributed by atoms with Gasteiger partial charge in [-0.2, -0.15) is 0 Å². The Hall–Kier alpha value is -1.36. The summed E-state index contributed by atoms with van der Waals surface area (Å²) in [4.78, 5) is 23.1. The lowest BCUT2D eigenvalue weighted by molar-refractivity contribution is 0.604. The summed E-state index contributed by atoms with van der Waals surface area (Å²) in [5.41, 5.74) is 6.21. The average molecular weight is 197 g/mol. The Morgan fingerprint density at radius 2 is 1.71 bits per heavy atom. The molecule has 0 aliphatic heterocycles. The van der Waals surface area contributed by atoms with Crippen LogP contribution in [0.1, 0.15) is 24.2 Å². The normalized spacial score (nSPS) is 12.9. The van der Waals surface area contributed by atoms with Crippen molar-refractivity contribution in [1.29, 1.82) is 0 Å². The lowest BCUT2D eigenvalue weighted by Crippen LogP contribution is -2.41. The summed E-state index contributed by atoms with van der Waals surface area (Å²) in [6.45, 7) is 3.43. The SMILES string of the molecule is Cc1c([C@H](C)N)n(C)c(=O)n(C)c1=O. The lowest BCUT2D eigenvalue weighted by Gasteiger charge is -2.15. The molecule has 5 heteroatoms. The van der Waals surface area contributed by atoms with Gasteiger partial charge in [-0.3, -0.25) is 13.9 Å². The highest BCUT2D eigenvalue weighted by atomic mass is 16.2. The van der Waals surface area contributed by atoms with Gasteiger partial charge < -0.3 is 5.73 Å². The van der Waals surface area contributed by atoms with Crippen LogP contribution in [0, 0.1) is 6.92 Å². The smallest absolute Gasteiger partial charge is 0.323 e. The van der Waals surface area contributed by atoms with Gasteiger partial charge in [-0.1, -0.05) is 0 Å². The summed E-state index contributed by atoms with van der Waals surface area (Å²) in [6, 6.07) is -0.318. The van der Waals surface area contributed by atoms with Crippen molar-refractivity contribution in [2.75, 3.05) is 0 Å². The van der Waals surface area contributed by atoms with Crippen LogP contribution in [0.2, 0.25) is 0 Å². The van der Waals surface area contributed by atoms with Gasteiger partial charge in [0, 0.05) is 31.4 Å². The molecule has 1 rings (SSSR count). The maximum absolute atomic E-state index is 11.6. The van der Waals surface area contributed by atoms with E-state index in [4.69, 9.17) is 5.73 Å². The molecule has 0 aromatic carbocycles. The second-order valence-corrected chi connectivity index (χ2v) is 3.50. The minimum absolute atomic E-state index is 0.277. The molecular weight excluding hydrogens is 182 g/mol. The minimum atomic E-state index is -0.340. The first-order chi connectivity index (χ1) is 6.37. The highest BCUT2D eigenvalue weighted by Crippen LogP contribution is 2.08. The zero-order valence-corrected chi connectivity index (χ0v) is 8.87. The molecule has 0 amide bonds. The third-order valence-electron chi connectivity index (χ3n) is 2.38. The lowest BCUT2D eigenvalue weighted by atomic mass is 10.1. The standard InChI is InChI=1S/C9H15N3O2/c1-5-7(6(2)10)11(3)9(14)12(4)8(5)13/h6H,10H2,1-4H3/t6-/m0/s1. The second-order valence-electron chi connectivity index (χ2n) is 3.50. The summed E-state index contributed by atoms with van der Waals surface area (Å²) in [7, 11) is 3.08. The van der Waals surface area contributed by atoms with E-state index in [1.54, 1.807) is 20.9 Å². The Kier molecular flexibility index (Phi) is 2.62. The molecule has 0 fully saturated rings. The molecule has 0 radical (unpaired) electrons. The molecule has 0 saturated heterocycles. The molecule has 14 heavy (non-hydrogen) atoms. The summed E-state index contributed by atoms with van der Waals surface area (Å²) in [5, 5.41) is 0. The van der Waals surface area contributed by atoms with Gasteiger partial charge in [-0.25, -0.2) is 4.79 Å². The third kappa shape index (κ3) is 1.39. The van der Waals surface area contributed by atoms with Crippen LogP contribution >= 0.6 is 0 Å². The molecule has 2 N–H and O–H groups in total. The topological polar surface area (TPSA) is 70.0 Å². The largest absolute Gasteiger partial charge is 0.330 e. The van der Waals surface area contributed by atoms with Crippen molar-refractivity contribution in [2.24, 2.45) is 19.8 Å². The van der Waals surface area contributed by atoms with Gasteiger partial charge in [0.15, 0.2) is 0 Å². The highest BCUT2D eigenvalue weighted by molar-refractivity contribution is 5.19. The maximum atomic E-state index is 11.6. The second kappa shape index (κ2) is 3.42. The van der Waals surface area contributed by atoms with Crippen LogP contribution in [0.4, 0.5) is 0 Å². The zero-order valence-electron chi connectivity index (χ0n) is 8.87. The van der Waals surface area contributed by atoms with E-state index in [2.05, 4.69) is 0 Å². The average Bonchev–Trinajstić information content (AvgIpc) is 2.11. The first-order valence-electron chi connectivity index (χ1n) is 4.40.